The summed E-state index contributed by atoms with van der Waals surface area (Å²) in [5, 5.41) is 0. The van der Waals surface area contributed by atoms with Crippen LogP contribution in [-0.4, -0.2) is 24.8 Å². The van der Waals surface area contributed by atoms with E-state index in [1.807, 2.05) is 13.8 Å². The van der Waals surface area contributed by atoms with Gasteiger partial charge in [-0.3, -0.25) is 0 Å². The van der Waals surface area contributed by atoms with Crippen LogP contribution in [0.1, 0.15) is 44.2 Å². The van der Waals surface area contributed by atoms with Crippen LogP contribution < -0.4 is 5.73 Å². The predicted molar refractivity (Wildman–Crippen MR) is 80.8 cm³/mol. The molecule has 1 aromatic carbocycles. The van der Waals surface area contributed by atoms with Crippen molar-refractivity contribution in [2.75, 3.05) is 0 Å². The minimum Gasteiger partial charge on any atom is -0.326 e. The van der Waals surface area contributed by atoms with Gasteiger partial charge in [0.25, 0.3) is 0 Å². The molecule has 0 amide bonds. The molecule has 0 aromatic heterocycles. The summed E-state index contributed by atoms with van der Waals surface area (Å²) in [6, 6.07) is 2.69. The molecular weight excluding hydrogens is 291 g/mol. The molecule has 0 radical (unpaired) electrons. The Labute approximate surface area is 126 Å². The SMILES string of the molecule is Cc1cc(S(=O)(=O)N2C(C)CCCC2C)cc(CN)c1F. The molecule has 2 N–H and O–H groups in total. The smallest absolute Gasteiger partial charge is 0.243 e. The van der Waals surface area contributed by atoms with Crippen LogP contribution in [0.5, 0.6) is 0 Å². The van der Waals surface area contributed by atoms with Gasteiger partial charge in [0, 0.05) is 24.2 Å². The Morgan fingerprint density at radius 3 is 2.38 bits per heavy atom. The predicted octanol–water partition coefficient (Wildman–Crippen LogP) is 2.54. The van der Waals surface area contributed by atoms with Gasteiger partial charge in [-0.05, 0) is 51.3 Å². The molecule has 4 nitrogen and oxygen atoms in total. The number of hydrogen-bond donors (Lipinski definition) is 1. The van der Waals surface area contributed by atoms with Crippen molar-refractivity contribution in [3.8, 4) is 0 Å². The number of nitrogens with two attached hydrogens (primary N) is 1. The third-order valence-electron chi connectivity index (χ3n) is 4.21. The lowest BCUT2D eigenvalue weighted by molar-refractivity contribution is 0.204. The van der Waals surface area contributed by atoms with Crippen molar-refractivity contribution in [2.45, 2.75) is 63.6 Å². The Balaban J connectivity index is 2.51. The van der Waals surface area contributed by atoms with Crippen molar-refractivity contribution in [2.24, 2.45) is 5.73 Å². The summed E-state index contributed by atoms with van der Waals surface area (Å²) in [4.78, 5) is 0.141. The topological polar surface area (TPSA) is 63.4 Å². The molecule has 21 heavy (non-hydrogen) atoms. The van der Waals surface area contributed by atoms with Crippen molar-refractivity contribution >= 4 is 10.0 Å². The first kappa shape index (κ1) is 16.4. The lowest BCUT2D eigenvalue weighted by Crippen LogP contribution is -2.47. The van der Waals surface area contributed by atoms with Crippen molar-refractivity contribution in [1.29, 1.82) is 0 Å². The van der Waals surface area contributed by atoms with Gasteiger partial charge in [-0.1, -0.05) is 6.42 Å². The lowest BCUT2D eigenvalue weighted by Gasteiger charge is -2.37. The Morgan fingerprint density at radius 1 is 1.29 bits per heavy atom. The number of halogens is 1. The molecule has 2 unspecified atom stereocenters. The maximum Gasteiger partial charge on any atom is 0.243 e. The van der Waals surface area contributed by atoms with E-state index < -0.39 is 15.8 Å². The fourth-order valence-electron chi connectivity index (χ4n) is 3.10. The monoisotopic (exact) mass is 314 g/mol. The molecule has 1 fully saturated rings. The lowest BCUT2D eigenvalue weighted by atomic mass is 10.0. The Morgan fingerprint density at radius 2 is 1.86 bits per heavy atom. The van der Waals surface area contributed by atoms with Crippen molar-refractivity contribution in [3.05, 3.63) is 29.1 Å². The third-order valence-corrected chi connectivity index (χ3v) is 6.32. The second kappa shape index (κ2) is 6.02. The van der Waals surface area contributed by atoms with Crippen LogP contribution in [0.25, 0.3) is 0 Å². The summed E-state index contributed by atoms with van der Waals surface area (Å²) >= 11 is 0. The van der Waals surface area contributed by atoms with Crippen LogP contribution in [-0.2, 0) is 16.6 Å². The summed E-state index contributed by atoms with van der Waals surface area (Å²) in [7, 11) is -3.62. The molecule has 1 aromatic rings. The normalized spacial score (nSPS) is 24.2. The van der Waals surface area contributed by atoms with E-state index in [-0.39, 0.29) is 29.1 Å². The number of sulfonamides is 1. The van der Waals surface area contributed by atoms with E-state index >= 15 is 0 Å². The molecular formula is C15H23FN2O2S. The van der Waals surface area contributed by atoms with E-state index in [0.717, 1.165) is 19.3 Å². The second-order valence-electron chi connectivity index (χ2n) is 5.88. The number of benzene rings is 1. The standard InChI is InChI=1S/C15H23FN2O2S/c1-10-7-14(8-13(9-17)15(10)16)21(19,20)18-11(2)5-4-6-12(18)3/h7-8,11-12H,4-6,9,17H2,1-3H3. The highest BCUT2D eigenvalue weighted by molar-refractivity contribution is 7.89. The van der Waals surface area contributed by atoms with Crippen LogP contribution in [0.4, 0.5) is 4.39 Å². The molecule has 1 heterocycles. The van der Waals surface area contributed by atoms with Gasteiger partial charge in [0.05, 0.1) is 4.90 Å². The van der Waals surface area contributed by atoms with Crippen LogP contribution in [0, 0.1) is 12.7 Å². The highest BCUT2D eigenvalue weighted by Crippen LogP contribution is 2.30. The molecule has 0 bridgehead atoms. The van der Waals surface area contributed by atoms with Crippen LogP contribution in [0.3, 0.4) is 0 Å². The van der Waals surface area contributed by atoms with Crippen molar-refractivity contribution < 1.29 is 12.8 Å². The van der Waals surface area contributed by atoms with Gasteiger partial charge in [0.15, 0.2) is 0 Å². The molecule has 1 aliphatic heterocycles. The van der Waals surface area contributed by atoms with E-state index in [9.17, 15) is 12.8 Å². The van der Waals surface area contributed by atoms with E-state index in [4.69, 9.17) is 5.73 Å². The zero-order chi connectivity index (χ0) is 15.8. The van der Waals surface area contributed by atoms with Gasteiger partial charge in [-0.15, -0.1) is 0 Å². The maximum atomic E-state index is 13.9. The first-order valence-corrected chi connectivity index (χ1v) is 8.75. The molecule has 2 rings (SSSR count). The summed E-state index contributed by atoms with van der Waals surface area (Å²) in [5.74, 6) is -0.420. The van der Waals surface area contributed by atoms with Gasteiger partial charge < -0.3 is 5.73 Å². The molecule has 1 saturated heterocycles. The van der Waals surface area contributed by atoms with E-state index in [1.54, 1.807) is 11.2 Å². The Hall–Kier alpha value is -0.980. The number of aryl methyl sites for hydroxylation is 1. The zero-order valence-corrected chi connectivity index (χ0v) is 13.6. The van der Waals surface area contributed by atoms with Crippen LogP contribution in [0.15, 0.2) is 17.0 Å². The summed E-state index contributed by atoms with van der Waals surface area (Å²) in [5.41, 5.74) is 6.07. The summed E-state index contributed by atoms with van der Waals surface area (Å²) in [6.07, 6.45) is 2.74. The van der Waals surface area contributed by atoms with Gasteiger partial charge in [0.2, 0.25) is 10.0 Å². The van der Waals surface area contributed by atoms with E-state index in [2.05, 4.69) is 0 Å². The largest absolute Gasteiger partial charge is 0.326 e. The van der Waals surface area contributed by atoms with Gasteiger partial charge in [-0.25, -0.2) is 12.8 Å². The number of hydrogen-bond acceptors (Lipinski definition) is 3. The maximum absolute atomic E-state index is 13.9. The minimum atomic E-state index is -3.62. The van der Waals surface area contributed by atoms with Gasteiger partial charge >= 0.3 is 0 Å². The summed E-state index contributed by atoms with van der Waals surface area (Å²) in [6.45, 7) is 5.40. The molecule has 6 heteroatoms. The first-order chi connectivity index (χ1) is 9.78. The molecule has 0 saturated carbocycles. The highest BCUT2D eigenvalue weighted by Gasteiger charge is 2.36. The highest BCUT2D eigenvalue weighted by atomic mass is 32.2. The molecule has 0 aliphatic carbocycles. The van der Waals surface area contributed by atoms with Crippen LogP contribution in [0.2, 0.25) is 0 Å². The summed E-state index contributed by atoms with van der Waals surface area (Å²) < 4.78 is 41.2. The first-order valence-electron chi connectivity index (χ1n) is 7.31. The molecule has 0 spiro atoms. The van der Waals surface area contributed by atoms with E-state index in [0.29, 0.717) is 5.56 Å². The van der Waals surface area contributed by atoms with Crippen molar-refractivity contribution in [3.63, 3.8) is 0 Å². The van der Waals surface area contributed by atoms with Gasteiger partial charge in [-0.2, -0.15) is 4.31 Å². The van der Waals surface area contributed by atoms with Crippen molar-refractivity contribution in [1.82, 2.24) is 4.31 Å². The quantitative estimate of drug-likeness (QED) is 0.932. The fraction of sp³-hybridized carbons (Fsp3) is 0.600. The molecule has 2 atom stereocenters. The minimum absolute atomic E-state index is 0.0128. The average Bonchev–Trinajstić information content (AvgIpc) is 2.41. The number of rotatable bonds is 3. The number of piperidine rings is 1. The zero-order valence-electron chi connectivity index (χ0n) is 12.8. The third kappa shape index (κ3) is 2.98. The fourth-order valence-corrected chi connectivity index (χ4v) is 5.12. The Bertz CT molecular complexity index is 621. The van der Waals surface area contributed by atoms with Gasteiger partial charge in [0.1, 0.15) is 5.82 Å². The van der Waals surface area contributed by atoms with E-state index in [1.165, 1.54) is 12.1 Å². The second-order valence-corrected chi connectivity index (χ2v) is 7.72. The molecule has 118 valence electrons. The number of nitrogens with zero attached hydrogens (tertiary/aromatic N) is 1. The average molecular weight is 314 g/mol. The van der Waals surface area contributed by atoms with Crippen LogP contribution >= 0.6 is 0 Å². The Kier molecular flexibility index (Phi) is 4.70. The molecule has 1 aliphatic rings.